The maximum atomic E-state index is 13.2. The van der Waals surface area contributed by atoms with E-state index in [-0.39, 0.29) is 30.1 Å². The normalized spacial score (nSPS) is 15.5. The van der Waals surface area contributed by atoms with Gasteiger partial charge in [-0.1, -0.05) is 24.3 Å². The number of nitrogens with zero attached hydrogens (tertiary/aromatic N) is 1. The minimum atomic E-state index is -4.51. The summed E-state index contributed by atoms with van der Waals surface area (Å²) in [6.45, 7) is 0.0353. The molecule has 0 aliphatic carbocycles. The van der Waals surface area contributed by atoms with Crippen molar-refractivity contribution >= 4 is 17.9 Å². The van der Waals surface area contributed by atoms with Crippen LogP contribution in [0.15, 0.2) is 29.4 Å². The second kappa shape index (κ2) is 6.61. The largest absolute Gasteiger partial charge is 0.442 e. The predicted octanol–water partition coefficient (Wildman–Crippen LogP) is 2.81. The Bertz CT molecular complexity index is 624. The minimum absolute atomic E-state index is 0.0228. The number of rotatable bonds is 4. The Kier molecular flexibility index (Phi) is 4.81. The minimum Gasteiger partial charge on any atom is -0.442 e. The zero-order valence-corrected chi connectivity index (χ0v) is 11.6. The van der Waals surface area contributed by atoms with Crippen molar-refractivity contribution in [1.82, 2.24) is 5.43 Å². The number of ether oxygens (including phenoxy) is 2. The fourth-order valence-electron chi connectivity index (χ4n) is 1.86. The molecule has 0 atom stereocenters. The fraction of sp³-hybridized carbons (Fsp3) is 0.286. The molecule has 1 aromatic carbocycles. The zero-order chi connectivity index (χ0) is 16.2. The zero-order valence-electron chi connectivity index (χ0n) is 11.6. The lowest BCUT2D eigenvalue weighted by Crippen LogP contribution is -2.30. The molecule has 1 N–H and O–H groups in total. The van der Waals surface area contributed by atoms with Gasteiger partial charge in [-0.2, -0.15) is 18.3 Å². The average molecular weight is 314 g/mol. The van der Waals surface area contributed by atoms with Gasteiger partial charge in [-0.25, -0.2) is 10.2 Å². The van der Waals surface area contributed by atoms with Gasteiger partial charge >= 0.3 is 12.3 Å². The summed E-state index contributed by atoms with van der Waals surface area (Å²) in [5, 5.41) is 3.70. The quantitative estimate of drug-likeness (QED) is 0.929. The van der Waals surface area contributed by atoms with Crippen molar-refractivity contribution in [2.75, 3.05) is 20.3 Å². The van der Waals surface area contributed by atoms with E-state index in [0.717, 1.165) is 6.07 Å². The van der Waals surface area contributed by atoms with E-state index >= 15 is 0 Å². The summed E-state index contributed by atoms with van der Waals surface area (Å²) in [6.07, 6.45) is -2.41. The summed E-state index contributed by atoms with van der Waals surface area (Å²) < 4.78 is 48.9. The average Bonchev–Trinajstić information content (AvgIpc) is 2.47. The molecule has 0 saturated carbocycles. The van der Waals surface area contributed by atoms with Crippen LogP contribution in [0.3, 0.4) is 0 Å². The first-order valence-corrected chi connectivity index (χ1v) is 6.28. The summed E-state index contributed by atoms with van der Waals surface area (Å²) in [4.78, 5) is 10.8. The van der Waals surface area contributed by atoms with Crippen LogP contribution in [0.25, 0.3) is 6.08 Å². The van der Waals surface area contributed by atoms with Crippen molar-refractivity contribution < 1.29 is 27.4 Å². The molecule has 0 aromatic heterocycles. The monoisotopic (exact) mass is 314 g/mol. The van der Waals surface area contributed by atoms with Crippen LogP contribution in [0.2, 0.25) is 0 Å². The molecule has 8 heteroatoms. The molecule has 1 heterocycles. The van der Waals surface area contributed by atoms with Crippen molar-refractivity contribution in [2.45, 2.75) is 6.18 Å². The highest BCUT2D eigenvalue weighted by Gasteiger charge is 2.33. The number of nitrogens with one attached hydrogen (secondary N) is 1. The lowest BCUT2D eigenvalue weighted by Gasteiger charge is -2.16. The molecule has 0 saturated heterocycles. The Morgan fingerprint density at radius 1 is 1.45 bits per heavy atom. The van der Waals surface area contributed by atoms with Crippen molar-refractivity contribution in [3.05, 3.63) is 41.0 Å². The van der Waals surface area contributed by atoms with E-state index in [1.807, 2.05) is 0 Å². The van der Waals surface area contributed by atoms with Crippen LogP contribution in [-0.4, -0.2) is 32.1 Å². The Balaban J connectivity index is 2.37. The number of hydrazone groups is 1. The van der Waals surface area contributed by atoms with Crippen molar-refractivity contribution in [1.29, 1.82) is 0 Å². The number of carbonyl (C=O) groups excluding carboxylic acids is 1. The van der Waals surface area contributed by atoms with E-state index < -0.39 is 17.8 Å². The topological polar surface area (TPSA) is 59.9 Å². The van der Waals surface area contributed by atoms with E-state index in [2.05, 4.69) is 15.3 Å². The second-order valence-corrected chi connectivity index (χ2v) is 4.40. The number of cyclic esters (lactones) is 1. The Labute approximate surface area is 124 Å². The third-order valence-corrected chi connectivity index (χ3v) is 2.87. The van der Waals surface area contributed by atoms with Crippen LogP contribution in [0.5, 0.6) is 0 Å². The summed E-state index contributed by atoms with van der Waals surface area (Å²) in [5.74, 6) is 0. The first kappa shape index (κ1) is 16.0. The lowest BCUT2D eigenvalue weighted by atomic mass is 10.0. The molecule has 1 aliphatic heterocycles. The number of methoxy groups -OCH3 is 1. The molecule has 0 radical (unpaired) electrons. The van der Waals surface area contributed by atoms with Crippen LogP contribution < -0.4 is 5.43 Å². The van der Waals surface area contributed by atoms with E-state index in [9.17, 15) is 18.0 Å². The summed E-state index contributed by atoms with van der Waals surface area (Å²) >= 11 is 0. The molecule has 118 valence electrons. The standard InChI is InChI=1S/C14H13F3N2O3/c1-21-6-2-3-9-4-5-10(7-11(9)14(15,16)17)12-8-22-13(20)19-18-12/h2-5,7H,6,8H2,1H3,(H,19,20)/b3-2+. The first-order chi connectivity index (χ1) is 10.4. The summed E-state index contributed by atoms with van der Waals surface area (Å²) in [5.41, 5.74) is 1.74. The molecule has 1 aromatic rings. The molecule has 22 heavy (non-hydrogen) atoms. The Hall–Kier alpha value is -2.35. The van der Waals surface area contributed by atoms with Crippen LogP contribution in [-0.2, 0) is 15.7 Å². The molecule has 2 rings (SSSR count). The van der Waals surface area contributed by atoms with Gasteiger partial charge in [0.15, 0.2) is 0 Å². The van der Waals surface area contributed by atoms with Crippen molar-refractivity contribution in [2.24, 2.45) is 5.10 Å². The van der Waals surface area contributed by atoms with E-state index in [1.54, 1.807) is 0 Å². The number of hydrogen-bond donors (Lipinski definition) is 1. The maximum Gasteiger partial charge on any atom is 0.428 e. The number of carbonyl (C=O) groups is 1. The van der Waals surface area contributed by atoms with Crippen LogP contribution in [0.4, 0.5) is 18.0 Å². The highest BCUT2D eigenvalue weighted by atomic mass is 19.4. The van der Waals surface area contributed by atoms with Crippen LogP contribution in [0, 0.1) is 0 Å². The molecular weight excluding hydrogens is 301 g/mol. The number of hydrogen-bond acceptors (Lipinski definition) is 4. The molecule has 0 fully saturated rings. The smallest absolute Gasteiger partial charge is 0.428 e. The van der Waals surface area contributed by atoms with Crippen LogP contribution >= 0.6 is 0 Å². The maximum absolute atomic E-state index is 13.2. The third-order valence-electron chi connectivity index (χ3n) is 2.87. The lowest BCUT2D eigenvalue weighted by molar-refractivity contribution is -0.137. The molecular formula is C14H13F3N2O3. The van der Waals surface area contributed by atoms with Crippen molar-refractivity contribution in [3.63, 3.8) is 0 Å². The van der Waals surface area contributed by atoms with E-state index in [4.69, 9.17) is 4.74 Å². The van der Waals surface area contributed by atoms with Gasteiger partial charge in [0.1, 0.15) is 12.3 Å². The SMILES string of the molecule is COC/C=C/c1ccc(C2=NNC(=O)OC2)cc1C(F)(F)F. The molecule has 1 amide bonds. The van der Waals surface area contributed by atoms with Gasteiger partial charge in [0, 0.05) is 12.7 Å². The van der Waals surface area contributed by atoms with Gasteiger partial charge < -0.3 is 9.47 Å². The fourth-order valence-corrected chi connectivity index (χ4v) is 1.86. The van der Waals surface area contributed by atoms with Crippen LogP contribution in [0.1, 0.15) is 16.7 Å². The molecule has 5 nitrogen and oxygen atoms in total. The third kappa shape index (κ3) is 3.85. The number of halogens is 3. The molecule has 0 spiro atoms. The molecule has 0 unspecified atom stereocenters. The molecule has 0 bridgehead atoms. The van der Waals surface area contributed by atoms with Gasteiger partial charge in [-0.3, -0.25) is 0 Å². The Morgan fingerprint density at radius 2 is 2.23 bits per heavy atom. The molecule has 1 aliphatic rings. The van der Waals surface area contributed by atoms with Gasteiger partial charge in [0.2, 0.25) is 0 Å². The second-order valence-electron chi connectivity index (χ2n) is 4.40. The number of benzene rings is 1. The van der Waals surface area contributed by atoms with Gasteiger partial charge in [0.25, 0.3) is 0 Å². The van der Waals surface area contributed by atoms with E-state index in [1.165, 1.54) is 31.4 Å². The highest BCUT2D eigenvalue weighted by molar-refractivity contribution is 6.04. The van der Waals surface area contributed by atoms with Gasteiger partial charge in [-0.15, -0.1) is 0 Å². The number of amides is 1. The summed E-state index contributed by atoms with van der Waals surface area (Å²) in [6, 6.07) is 3.80. The highest BCUT2D eigenvalue weighted by Crippen LogP contribution is 2.33. The first-order valence-electron chi connectivity index (χ1n) is 6.28. The van der Waals surface area contributed by atoms with Crippen molar-refractivity contribution in [3.8, 4) is 0 Å². The number of alkyl halides is 3. The summed E-state index contributed by atoms with van der Waals surface area (Å²) in [7, 11) is 1.45. The Morgan fingerprint density at radius 3 is 2.82 bits per heavy atom. The predicted molar refractivity (Wildman–Crippen MR) is 73.4 cm³/mol. The van der Waals surface area contributed by atoms with Gasteiger partial charge in [-0.05, 0) is 11.6 Å². The van der Waals surface area contributed by atoms with E-state index in [0.29, 0.717) is 0 Å². The van der Waals surface area contributed by atoms with Gasteiger partial charge in [0.05, 0.1) is 12.2 Å².